The zero-order valence-electron chi connectivity index (χ0n) is 9.40. The van der Waals surface area contributed by atoms with Gasteiger partial charge in [0.05, 0.1) is 6.04 Å². The molecule has 16 heavy (non-hydrogen) atoms. The van der Waals surface area contributed by atoms with Gasteiger partial charge < -0.3 is 11.1 Å². The first-order chi connectivity index (χ1) is 7.66. The van der Waals surface area contributed by atoms with E-state index < -0.39 is 0 Å². The molecule has 0 spiro atoms. The molecular formula is C12H15N3S. The van der Waals surface area contributed by atoms with Crippen LogP contribution in [0.25, 0.3) is 0 Å². The molecule has 84 valence electrons. The number of nitrogens with zero attached hydrogens (tertiary/aromatic N) is 1. The van der Waals surface area contributed by atoms with Gasteiger partial charge >= 0.3 is 0 Å². The van der Waals surface area contributed by atoms with Crippen molar-refractivity contribution in [3.05, 3.63) is 40.3 Å². The molecule has 0 amide bonds. The fourth-order valence-corrected chi connectivity index (χ4v) is 2.17. The van der Waals surface area contributed by atoms with Gasteiger partial charge in [0.25, 0.3) is 0 Å². The Hall–Kier alpha value is -1.55. The average molecular weight is 233 g/mol. The van der Waals surface area contributed by atoms with Gasteiger partial charge in [-0.3, -0.25) is 0 Å². The van der Waals surface area contributed by atoms with Crippen molar-refractivity contribution >= 4 is 22.7 Å². The second-order valence-corrected chi connectivity index (χ2v) is 4.73. The molecule has 0 aliphatic carbocycles. The SMILES string of the molecule is Cc1cc(NC(C)c2nccs2)ccc1N. The minimum Gasteiger partial charge on any atom is -0.399 e. The minimum absolute atomic E-state index is 0.225. The average Bonchev–Trinajstić information content (AvgIpc) is 2.77. The van der Waals surface area contributed by atoms with Crippen molar-refractivity contribution in [2.24, 2.45) is 0 Å². The van der Waals surface area contributed by atoms with Gasteiger partial charge in [-0.05, 0) is 37.6 Å². The number of hydrogen-bond donors (Lipinski definition) is 2. The highest BCUT2D eigenvalue weighted by atomic mass is 32.1. The van der Waals surface area contributed by atoms with Gasteiger partial charge in [0.15, 0.2) is 0 Å². The molecule has 1 atom stereocenters. The molecule has 0 aliphatic heterocycles. The number of aryl methyl sites for hydroxylation is 1. The minimum atomic E-state index is 0.225. The Kier molecular flexibility index (Phi) is 3.10. The molecule has 0 saturated carbocycles. The summed E-state index contributed by atoms with van der Waals surface area (Å²) < 4.78 is 0. The number of aromatic nitrogens is 1. The number of nitrogens with two attached hydrogens (primary N) is 1. The van der Waals surface area contributed by atoms with E-state index in [-0.39, 0.29) is 6.04 Å². The van der Waals surface area contributed by atoms with Gasteiger partial charge in [-0.1, -0.05) is 0 Å². The van der Waals surface area contributed by atoms with Crippen LogP contribution in [0.4, 0.5) is 11.4 Å². The van der Waals surface area contributed by atoms with E-state index in [4.69, 9.17) is 5.73 Å². The first-order valence-corrected chi connectivity index (χ1v) is 6.07. The lowest BCUT2D eigenvalue weighted by Crippen LogP contribution is -2.06. The van der Waals surface area contributed by atoms with Crippen molar-refractivity contribution in [1.29, 1.82) is 0 Å². The molecule has 0 saturated heterocycles. The van der Waals surface area contributed by atoms with Crippen LogP contribution in [0.3, 0.4) is 0 Å². The Balaban J connectivity index is 2.12. The number of nitrogens with one attached hydrogen (secondary N) is 1. The monoisotopic (exact) mass is 233 g/mol. The molecule has 3 nitrogen and oxygen atoms in total. The predicted molar refractivity (Wildman–Crippen MR) is 69.7 cm³/mol. The Bertz CT molecular complexity index is 465. The summed E-state index contributed by atoms with van der Waals surface area (Å²) in [6, 6.07) is 6.20. The molecule has 1 aromatic carbocycles. The van der Waals surface area contributed by atoms with Crippen LogP contribution in [0.2, 0.25) is 0 Å². The van der Waals surface area contributed by atoms with E-state index in [0.29, 0.717) is 0 Å². The highest BCUT2D eigenvalue weighted by molar-refractivity contribution is 7.09. The van der Waals surface area contributed by atoms with Crippen LogP contribution >= 0.6 is 11.3 Å². The van der Waals surface area contributed by atoms with Crippen LogP contribution < -0.4 is 11.1 Å². The smallest absolute Gasteiger partial charge is 0.115 e. The summed E-state index contributed by atoms with van der Waals surface area (Å²) in [7, 11) is 0. The number of rotatable bonds is 3. The van der Waals surface area contributed by atoms with Crippen LogP contribution in [-0.2, 0) is 0 Å². The molecule has 2 aromatic rings. The number of thiazole rings is 1. The molecule has 0 aliphatic rings. The van der Waals surface area contributed by atoms with Crippen molar-refractivity contribution < 1.29 is 0 Å². The maximum atomic E-state index is 5.78. The zero-order valence-corrected chi connectivity index (χ0v) is 10.2. The molecular weight excluding hydrogens is 218 g/mol. The fraction of sp³-hybridized carbons (Fsp3) is 0.250. The Labute approximate surface area is 99.3 Å². The molecule has 0 radical (unpaired) electrons. The van der Waals surface area contributed by atoms with Crippen LogP contribution in [0.15, 0.2) is 29.8 Å². The third-order valence-electron chi connectivity index (χ3n) is 2.47. The summed E-state index contributed by atoms with van der Waals surface area (Å²) in [5.41, 5.74) is 8.77. The maximum absolute atomic E-state index is 5.78. The van der Waals surface area contributed by atoms with Gasteiger partial charge in [-0.15, -0.1) is 11.3 Å². The van der Waals surface area contributed by atoms with E-state index in [2.05, 4.69) is 23.3 Å². The van der Waals surface area contributed by atoms with Crippen LogP contribution in [0.5, 0.6) is 0 Å². The molecule has 0 bridgehead atoms. The molecule has 4 heteroatoms. The topological polar surface area (TPSA) is 50.9 Å². The fourth-order valence-electron chi connectivity index (χ4n) is 1.53. The van der Waals surface area contributed by atoms with Crippen LogP contribution in [0.1, 0.15) is 23.5 Å². The van der Waals surface area contributed by atoms with Crippen molar-refractivity contribution in [2.75, 3.05) is 11.1 Å². The highest BCUT2D eigenvalue weighted by Gasteiger charge is 2.07. The lowest BCUT2D eigenvalue weighted by Gasteiger charge is -2.13. The van der Waals surface area contributed by atoms with E-state index in [9.17, 15) is 0 Å². The van der Waals surface area contributed by atoms with Crippen molar-refractivity contribution in [2.45, 2.75) is 19.9 Å². The Morgan fingerprint density at radius 2 is 2.25 bits per heavy atom. The Morgan fingerprint density at radius 3 is 2.88 bits per heavy atom. The van der Waals surface area contributed by atoms with E-state index in [1.165, 1.54) is 0 Å². The van der Waals surface area contributed by atoms with Crippen molar-refractivity contribution in [3.63, 3.8) is 0 Å². The molecule has 0 fully saturated rings. The van der Waals surface area contributed by atoms with Gasteiger partial charge in [0.2, 0.25) is 0 Å². The summed E-state index contributed by atoms with van der Waals surface area (Å²) in [5, 5.41) is 6.48. The van der Waals surface area contributed by atoms with Gasteiger partial charge in [0, 0.05) is 23.0 Å². The lowest BCUT2D eigenvalue weighted by molar-refractivity contribution is 0.869. The van der Waals surface area contributed by atoms with Crippen LogP contribution in [0, 0.1) is 6.92 Å². The second-order valence-electron chi connectivity index (χ2n) is 3.81. The quantitative estimate of drug-likeness (QED) is 0.800. The standard InChI is InChI=1S/C12H15N3S/c1-8-7-10(3-4-11(8)13)15-9(2)12-14-5-6-16-12/h3-7,9,15H,13H2,1-2H3. The first kappa shape index (κ1) is 11.0. The number of anilines is 2. The van der Waals surface area contributed by atoms with Gasteiger partial charge in [0.1, 0.15) is 5.01 Å². The van der Waals surface area contributed by atoms with E-state index in [1.54, 1.807) is 11.3 Å². The predicted octanol–water partition coefficient (Wildman–Crippen LogP) is 3.21. The third-order valence-corrected chi connectivity index (χ3v) is 3.43. The number of benzene rings is 1. The third kappa shape index (κ3) is 2.33. The number of nitrogen functional groups attached to an aromatic ring is 1. The summed E-state index contributed by atoms with van der Waals surface area (Å²) in [6.45, 7) is 4.11. The van der Waals surface area contributed by atoms with E-state index >= 15 is 0 Å². The largest absolute Gasteiger partial charge is 0.399 e. The maximum Gasteiger partial charge on any atom is 0.115 e. The summed E-state index contributed by atoms with van der Waals surface area (Å²) in [6.07, 6.45) is 1.83. The molecule has 1 unspecified atom stereocenters. The first-order valence-electron chi connectivity index (χ1n) is 5.19. The number of hydrogen-bond acceptors (Lipinski definition) is 4. The van der Waals surface area contributed by atoms with Crippen LogP contribution in [-0.4, -0.2) is 4.98 Å². The van der Waals surface area contributed by atoms with Crippen molar-refractivity contribution in [3.8, 4) is 0 Å². The summed E-state index contributed by atoms with van der Waals surface area (Å²) >= 11 is 1.66. The molecule has 2 rings (SSSR count). The second kappa shape index (κ2) is 4.53. The lowest BCUT2D eigenvalue weighted by atomic mass is 10.1. The molecule has 3 N–H and O–H groups in total. The molecule has 1 heterocycles. The van der Waals surface area contributed by atoms with E-state index in [1.807, 2.05) is 30.6 Å². The summed E-state index contributed by atoms with van der Waals surface area (Å²) in [5.74, 6) is 0. The summed E-state index contributed by atoms with van der Waals surface area (Å²) in [4.78, 5) is 4.28. The highest BCUT2D eigenvalue weighted by Crippen LogP contribution is 2.23. The molecule has 1 aromatic heterocycles. The zero-order chi connectivity index (χ0) is 11.5. The Morgan fingerprint density at radius 1 is 1.44 bits per heavy atom. The van der Waals surface area contributed by atoms with Crippen molar-refractivity contribution in [1.82, 2.24) is 4.98 Å². The van der Waals surface area contributed by atoms with Gasteiger partial charge in [-0.2, -0.15) is 0 Å². The van der Waals surface area contributed by atoms with Gasteiger partial charge in [-0.25, -0.2) is 4.98 Å². The normalized spacial score (nSPS) is 12.4. The van der Waals surface area contributed by atoms with E-state index in [0.717, 1.165) is 21.9 Å².